The summed E-state index contributed by atoms with van der Waals surface area (Å²) in [7, 11) is 0. The van der Waals surface area contributed by atoms with Crippen LogP contribution in [0.3, 0.4) is 0 Å². The van der Waals surface area contributed by atoms with Crippen LogP contribution in [0, 0.1) is 11.3 Å². The highest BCUT2D eigenvalue weighted by Gasteiger charge is 2.46. The molecule has 1 heterocycles. The van der Waals surface area contributed by atoms with E-state index < -0.39 is 0 Å². The fourth-order valence-electron chi connectivity index (χ4n) is 3.66. The van der Waals surface area contributed by atoms with E-state index in [0.29, 0.717) is 17.2 Å². The van der Waals surface area contributed by atoms with Crippen LogP contribution in [-0.4, -0.2) is 9.97 Å². The van der Waals surface area contributed by atoms with Gasteiger partial charge < -0.3 is 4.74 Å². The molecule has 1 aromatic heterocycles. The monoisotopic (exact) mass is 417 g/mol. The maximum Gasteiger partial charge on any atom is 0.133 e. The van der Waals surface area contributed by atoms with Gasteiger partial charge in [0.25, 0.3) is 0 Å². The van der Waals surface area contributed by atoms with E-state index in [2.05, 4.69) is 48.9 Å². The van der Waals surface area contributed by atoms with Crippen molar-refractivity contribution in [3.63, 3.8) is 0 Å². The topological polar surface area (TPSA) is 58.8 Å². The maximum atomic E-state index is 9.26. The van der Waals surface area contributed by atoms with Gasteiger partial charge in [0.2, 0.25) is 0 Å². The van der Waals surface area contributed by atoms with Crippen molar-refractivity contribution < 1.29 is 4.74 Å². The van der Waals surface area contributed by atoms with Gasteiger partial charge in [-0.25, -0.2) is 9.97 Å². The predicted molar refractivity (Wildman–Crippen MR) is 118 cm³/mol. The lowest BCUT2D eigenvalue weighted by Gasteiger charge is -2.18. The van der Waals surface area contributed by atoms with Gasteiger partial charge in [-0.1, -0.05) is 44.5 Å². The quantitative estimate of drug-likeness (QED) is 0.514. The van der Waals surface area contributed by atoms with Gasteiger partial charge in [0.15, 0.2) is 0 Å². The maximum absolute atomic E-state index is 9.26. The van der Waals surface area contributed by atoms with E-state index in [9.17, 15) is 5.26 Å². The Morgan fingerprint density at radius 2 is 1.80 bits per heavy atom. The molecule has 0 radical (unpaired) electrons. The zero-order valence-corrected chi connectivity index (χ0v) is 18.2. The number of benzene rings is 2. The molecule has 1 saturated carbocycles. The molecule has 1 aliphatic rings. The molecule has 0 unspecified atom stereocenters. The van der Waals surface area contributed by atoms with Crippen molar-refractivity contribution in [3.05, 3.63) is 88.0 Å². The van der Waals surface area contributed by atoms with E-state index in [1.54, 1.807) is 12.3 Å². The molecule has 0 bridgehead atoms. The molecule has 0 amide bonds. The molecule has 0 saturated heterocycles. The summed E-state index contributed by atoms with van der Waals surface area (Å²) in [5.74, 6) is 1.61. The summed E-state index contributed by atoms with van der Waals surface area (Å²) in [6.07, 6.45) is 3.89. The Hall–Kier alpha value is -2.90. The number of rotatable bonds is 5. The second-order valence-electron chi connectivity index (χ2n) is 8.86. The van der Waals surface area contributed by atoms with E-state index in [1.165, 1.54) is 5.56 Å². The third-order valence-electron chi connectivity index (χ3n) is 5.51. The number of halogens is 1. The first kappa shape index (κ1) is 20.4. The number of ether oxygens (including phenoxy) is 1. The van der Waals surface area contributed by atoms with Crippen LogP contribution in [0.15, 0.2) is 54.7 Å². The van der Waals surface area contributed by atoms with Crippen LogP contribution in [0.5, 0.6) is 5.75 Å². The van der Waals surface area contributed by atoms with Gasteiger partial charge in [0, 0.05) is 22.0 Å². The summed E-state index contributed by atoms with van der Waals surface area (Å²) >= 11 is 6.23. The molecule has 5 heteroatoms. The highest BCUT2D eigenvalue weighted by molar-refractivity contribution is 6.30. The van der Waals surface area contributed by atoms with Crippen LogP contribution in [0.25, 0.3) is 0 Å². The number of hydrogen-bond acceptors (Lipinski definition) is 4. The zero-order valence-electron chi connectivity index (χ0n) is 17.4. The first-order valence-electron chi connectivity index (χ1n) is 10.1. The largest absolute Gasteiger partial charge is 0.487 e. The van der Waals surface area contributed by atoms with Gasteiger partial charge in [0.1, 0.15) is 18.2 Å². The summed E-state index contributed by atoms with van der Waals surface area (Å²) in [6.45, 7) is 6.69. The molecule has 2 aromatic carbocycles. The minimum absolute atomic E-state index is 0.0523. The summed E-state index contributed by atoms with van der Waals surface area (Å²) in [6, 6.07) is 17.9. The van der Waals surface area contributed by atoms with Crippen LogP contribution in [0.1, 0.15) is 61.8 Å². The van der Waals surface area contributed by atoms with Crippen LogP contribution < -0.4 is 4.74 Å². The summed E-state index contributed by atoms with van der Waals surface area (Å²) in [5, 5.41) is 9.87. The molecule has 1 fully saturated rings. The average molecular weight is 418 g/mol. The van der Waals surface area contributed by atoms with Crippen LogP contribution in [-0.2, 0) is 17.4 Å². The average Bonchev–Trinajstić information content (AvgIpc) is 3.54. The van der Waals surface area contributed by atoms with Crippen molar-refractivity contribution in [1.82, 2.24) is 9.97 Å². The molecule has 4 nitrogen and oxygen atoms in total. The van der Waals surface area contributed by atoms with Crippen molar-refractivity contribution in [2.45, 2.75) is 51.0 Å². The van der Waals surface area contributed by atoms with Crippen molar-refractivity contribution in [2.75, 3.05) is 0 Å². The fraction of sp³-hybridized carbons (Fsp3) is 0.320. The first-order chi connectivity index (χ1) is 14.3. The third kappa shape index (κ3) is 4.17. The van der Waals surface area contributed by atoms with Crippen LogP contribution in [0.2, 0.25) is 5.02 Å². The second-order valence-corrected chi connectivity index (χ2v) is 9.29. The van der Waals surface area contributed by atoms with Gasteiger partial charge in [-0.15, -0.1) is 0 Å². The molecule has 0 atom stereocenters. The summed E-state index contributed by atoms with van der Waals surface area (Å²) in [4.78, 5) is 8.98. The molecular formula is C25H24ClN3O. The van der Waals surface area contributed by atoms with E-state index >= 15 is 0 Å². The lowest BCUT2D eigenvalue weighted by Crippen LogP contribution is -2.17. The van der Waals surface area contributed by atoms with Crippen LogP contribution >= 0.6 is 11.6 Å². The number of nitriles is 1. The van der Waals surface area contributed by atoms with E-state index in [-0.39, 0.29) is 10.8 Å². The molecule has 4 rings (SSSR count). The first-order valence-corrected chi connectivity index (χ1v) is 10.4. The van der Waals surface area contributed by atoms with Gasteiger partial charge >= 0.3 is 0 Å². The number of nitrogens with zero attached hydrogens (tertiary/aromatic N) is 3. The number of hydrogen-bond donors (Lipinski definition) is 0. The zero-order chi connectivity index (χ0) is 21.4. The third-order valence-corrected chi connectivity index (χ3v) is 5.73. The van der Waals surface area contributed by atoms with Crippen molar-refractivity contribution in [3.8, 4) is 11.8 Å². The molecule has 0 N–H and O–H groups in total. The highest BCUT2D eigenvalue weighted by Crippen LogP contribution is 2.54. The van der Waals surface area contributed by atoms with Gasteiger partial charge in [0.05, 0.1) is 17.3 Å². The molecule has 0 spiro atoms. The SMILES string of the molecule is CC(C)(C)c1nccc(COc2ccc(C3(c4cc(Cl)cc(C#N)c4)CC3)cc2)n1. The summed E-state index contributed by atoms with van der Waals surface area (Å²) in [5.41, 5.74) is 3.64. The normalized spacial score (nSPS) is 14.8. The predicted octanol–water partition coefficient (Wildman–Crippen LogP) is 5.96. The molecule has 1 aliphatic carbocycles. The van der Waals surface area contributed by atoms with Crippen molar-refractivity contribution >= 4 is 11.6 Å². The molecule has 152 valence electrons. The van der Waals surface area contributed by atoms with Crippen molar-refractivity contribution in [1.29, 1.82) is 5.26 Å². The molecule has 30 heavy (non-hydrogen) atoms. The standard InChI is InChI=1S/C25H24ClN3O/c1-24(2,3)23-28-11-8-21(29-23)16-30-22-6-4-18(5-7-22)25(9-10-25)19-12-17(15-27)13-20(26)14-19/h4-8,11-14H,9-10,16H2,1-3H3. The van der Waals surface area contributed by atoms with Crippen LogP contribution in [0.4, 0.5) is 0 Å². The Balaban J connectivity index is 1.49. The minimum Gasteiger partial charge on any atom is -0.487 e. The Kier molecular flexibility index (Phi) is 5.26. The van der Waals surface area contributed by atoms with Gasteiger partial charge in [-0.3, -0.25) is 0 Å². The van der Waals surface area contributed by atoms with Crippen molar-refractivity contribution in [2.24, 2.45) is 0 Å². The summed E-state index contributed by atoms with van der Waals surface area (Å²) < 4.78 is 5.95. The highest BCUT2D eigenvalue weighted by atomic mass is 35.5. The van der Waals surface area contributed by atoms with E-state index in [0.717, 1.165) is 35.7 Å². The lowest BCUT2D eigenvalue weighted by atomic mass is 9.87. The Bertz CT molecular complexity index is 1110. The fourth-order valence-corrected chi connectivity index (χ4v) is 3.90. The molecule has 0 aliphatic heterocycles. The van der Waals surface area contributed by atoms with E-state index in [4.69, 9.17) is 16.3 Å². The minimum atomic E-state index is -0.0953. The Morgan fingerprint density at radius 3 is 2.43 bits per heavy atom. The Labute approximate surface area is 182 Å². The molecule has 3 aromatic rings. The Morgan fingerprint density at radius 1 is 1.07 bits per heavy atom. The smallest absolute Gasteiger partial charge is 0.133 e. The van der Waals surface area contributed by atoms with Gasteiger partial charge in [-0.05, 0) is 60.4 Å². The van der Waals surface area contributed by atoms with E-state index in [1.807, 2.05) is 30.3 Å². The number of aromatic nitrogens is 2. The second kappa shape index (κ2) is 7.74. The molecular weight excluding hydrogens is 394 g/mol. The van der Waals surface area contributed by atoms with Gasteiger partial charge in [-0.2, -0.15) is 5.26 Å². The lowest BCUT2D eigenvalue weighted by molar-refractivity contribution is 0.299.